The summed E-state index contributed by atoms with van der Waals surface area (Å²) in [7, 11) is 1.64. The van der Waals surface area contributed by atoms with Gasteiger partial charge in [-0.2, -0.15) is 0 Å². The number of methoxy groups -OCH3 is 1. The number of carbonyl (C=O) groups excluding carboxylic acids is 1. The Kier molecular flexibility index (Phi) is 6.46. The summed E-state index contributed by atoms with van der Waals surface area (Å²) < 4.78 is 5.48. The number of unbranched alkanes of at least 4 members (excludes halogenated alkanes) is 1. The van der Waals surface area contributed by atoms with Crippen molar-refractivity contribution in [1.29, 1.82) is 0 Å². The molecule has 1 atom stereocenters. The first-order valence-electron chi connectivity index (χ1n) is 8.73. The van der Waals surface area contributed by atoms with Gasteiger partial charge in [0.25, 0.3) is 0 Å². The second-order valence-corrected chi connectivity index (χ2v) is 6.62. The molecule has 1 heterocycles. The molecule has 0 spiro atoms. The molecule has 0 amide bonds. The number of ether oxygens (including phenoxy) is 1. The number of nitrogen functional groups attached to an aromatic ring is 1. The summed E-state index contributed by atoms with van der Waals surface area (Å²) in [6, 6.07) is 5.65. The normalized spacial score (nSPS) is 17.9. The summed E-state index contributed by atoms with van der Waals surface area (Å²) in [6.45, 7) is 7.28. The molecule has 2 rings (SSSR count). The molecule has 128 valence electrons. The molecule has 0 radical (unpaired) electrons. The molecule has 0 bridgehead atoms. The van der Waals surface area contributed by atoms with Crippen LogP contribution in [0.5, 0.6) is 5.75 Å². The zero-order valence-electron chi connectivity index (χ0n) is 14.7. The van der Waals surface area contributed by atoms with E-state index in [0.29, 0.717) is 11.6 Å². The minimum absolute atomic E-state index is 0.0844. The van der Waals surface area contributed by atoms with E-state index < -0.39 is 0 Å². The van der Waals surface area contributed by atoms with Crippen molar-refractivity contribution in [2.75, 3.05) is 32.5 Å². The number of hydrogen-bond donors (Lipinski definition) is 1. The Morgan fingerprint density at radius 2 is 2.09 bits per heavy atom. The van der Waals surface area contributed by atoms with Crippen LogP contribution < -0.4 is 10.5 Å². The Labute approximate surface area is 140 Å². The third-order valence-corrected chi connectivity index (χ3v) is 4.96. The van der Waals surface area contributed by atoms with Crippen LogP contribution in [-0.4, -0.2) is 37.4 Å². The molecule has 1 unspecified atom stereocenters. The molecule has 1 aromatic rings. The second-order valence-electron chi connectivity index (χ2n) is 6.62. The summed E-state index contributed by atoms with van der Waals surface area (Å²) in [5, 5.41) is 0. The first kappa shape index (κ1) is 17.8. The Morgan fingerprint density at radius 3 is 2.65 bits per heavy atom. The van der Waals surface area contributed by atoms with Crippen molar-refractivity contribution in [2.45, 2.75) is 45.4 Å². The lowest BCUT2D eigenvalue weighted by Crippen LogP contribution is -2.37. The van der Waals surface area contributed by atoms with Crippen molar-refractivity contribution in [3.63, 3.8) is 0 Å². The lowest BCUT2D eigenvalue weighted by atomic mass is 9.77. The summed E-state index contributed by atoms with van der Waals surface area (Å²) in [5.41, 5.74) is 7.51. The van der Waals surface area contributed by atoms with Crippen molar-refractivity contribution in [1.82, 2.24) is 4.90 Å². The van der Waals surface area contributed by atoms with Gasteiger partial charge < -0.3 is 15.4 Å². The van der Waals surface area contributed by atoms with Gasteiger partial charge in [0.2, 0.25) is 0 Å². The predicted octanol–water partition coefficient (Wildman–Crippen LogP) is 3.46. The maximum atomic E-state index is 12.3. The van der Waals surface area contributed by atoms with E-state index in [1.54, 1.807) is 14.0 Å². The van der Waals surface area contributed by atoms with Crippen LogP contribution >= 0.6 is 0 Å². The van der Waals surface area contributed by atoms with Gasteiger partial charge in [0.05, 0.1) is 7.11 Å². The molecule has 1 aromatic carbocycles. The van der Waals surface area contributed by atoms with Gasteiger partial charge in [-0.25, -0.2) is 0 Å². The fourth-order valence-corrected chi connectivity index (χ4v) is 3.68. The SMILES string of the molecule is CCCCN1CCC(C(C(C)=O)c2ccc(N)cc2OC)CC1. The molecule has 4 nitrogen and oxygen atoms in total. The van der Waals surface area contributed by atoms with E-state index in [2.05, 4.69) is 11.8 Å². The van der Waals surface area contributed by atoms with Crippen molar-refractivity contribution in [3.8, 4) is 5.75 Å². The average molecular weight is 318 g/mol. The fraction of sp³-hybridized carbons (Fsp3) is 0.632. The average Bonchev–Trinajstić information content (AvgIpc) is 2.55. The Morgan fingerprint density at radius 1 is 1.39 bits per heavy atom. The highest BCUT2D eigenvalue weighted by Crippen LogP contribution is 2.38. The lowest BCUT2D eigenvalue weighted by Gasteiger charge is -2.35. The smallest absolute Gasteiger partial charge is 0.137 e. The molecule has 2 N–H and O–H groups in total. The number of rotatable bonds is 7. The first-order valence-corrected chi connectivity index (χ1v) is 8.73. The van der Waals surface area contributed by atoms with Gasteiger partial charge >= 0.3 is 0 Å². The number of nitrogens with two attached hydrogens (primary N) is 1. The highest BCUT2D eigenvalue weighted by Gasteiger charge is 2.32. The summed E-state index contributed by atoms with van der Waals surface area (Å²) in [5.74, 6) is 1.26. The quantitative estimate of drug-likeness (QED) is 0.782. The number of carbonyl (C=O) groups is 1. The molecule has 4 heteroatoms. The third-order valence-electron chi connectivity index (χ3n) is 4.96. The van der Waals surface area contributed by atoms with E-state index in [-0.39, 0.29) is 11.7 Å². The molecular weight excluding hydrogens is 288 g/mol. The highest BCUT2D eigenvalue weighted by atomic mass is 16.5. The number of nitrogens with zero attached hydrogens (tertiary/aromatic N) is 1. The van der Waals surface area contributed by atoms with E-state index in [1.807, 2.05) is 18.2 Å². The van der Waals surface area contributed by atoms with E-state index >= 15 is 0 Å². The predicted molar refractivity (Wildman–Crippen MR) is 94.9 cm³/mol. The van der Waals surface area contributed by atoms with Crippen LogP contribution in [0.3, 0.4) is 0 Å². The van der Waals surface area contributed by atoms with Gasteiger partial charge in [-0.05, 0) is 57.8 Å². The zero-order valence-corrected chi connectivity index (χ0v) is 14.7. The van der Waals surface area contributed by atoms with Gasteiger partial charge in [0.1, 0.15) is 11.5 Å². The summed E-state index contributed by atoms with van der Waals surface area (Å²) in [4.78, 5) is 14.9. The van der Waals surface area contributed by atoms with E-state index in [0.717, 1.165) is 37.2 Å². The first-order chi connectivity index (χ1) is 11.1. The number of Topliss-reactive ketones (excluding diaryl/α,β-unsaturated/α-hetero) is 1. The van der Waals surface area contributed by atoms with Crippen molar-refractivity contribution in [2.24, 2.45) is 5.92 Å². The van der Waals surface area contributed by atoms with Gasteiger partial charge in [-0.15, -0.1) is 0 Å². The van der Waals surface area contributed by atoms with Crippen LogP contribution in [0.2, 0.25) is 0 Å². The van der Waals surface area contributed by atoms with Crippen LogP contribution in [0, 0.1) is 5.92 Å². The monoisotopic (exact) mass is 318 g/mol. The van der Waals surface area contributed by atoms with Crippen LogP contribution in [0.1, 0.15) is 51.0 Å². The Balaban J connectivity index is 2.13. The summed E-state index contributed by atoms with van der Waals surface area (Å²) in [6.07, 6.45) is 4.63. The zero-order chi connectivity index (χ0) is 16.8. The molecule has 0 aromatic heterocycles. The number of ketones is 1. The van der Waals surface area contributed by atoms with Crippen molar-refractivity contribution >= 4 is 11.5 Å². The van der Waals surface area contributed by atoms with Crippen LogP contribution in [0.4, 0.5) is 5.69 Å². The van der Waals surface area contributed by atoms with Crippen LogP contribution in [0.25, 0.3) is 0 Å². The van der Waals surface area contributed by atoms with E-state index in [1.165, 1.54) is 19.4 Å². The second kappa shape index (κ2) is 8.34. The van der Waals surface area contributed by atoms with Gasteiger partial charge in [-0.3, -0.25) is 4.79 Å². The topological polar surface area (TPSA) is 55.6 Å². The molecule has 1 fully saturated rings. The van der Waals surface area contributed by atoms with Gasteiger partial charge in [0, 0.05) is 23.2 Å². The Bertz CT molecular complexity index is 522. The largest absolute Gasteiger partial charge is 0.496 e. The van der Waals surface area contributed by atoms with Gasteiger partial charge in [0.15, 0.2) is 0 Å². The minimum Gasteiger partial charge on any atom is -0.496 e. The molecule has 0 saturated carbocycles. The highest BCUT2D eigenvalue weighted by molar-refractivity contribution is 5.84. The number of likely N-dealkylation sites (tertiary alicyclic amines) is 1. The number of hydrogen-bond acceptors (Lipinski definition) is 4. The number of anilines is 1. The lowest BCUT2D eigenvalue weighted by molar-refractivity contribution is -0.120. The van der Waals surface area contributed by atoms with E-state index in [4.69, 9.17) is 10.5 Å². The number of benzene rings is 1. The van der Waals surface area contributed by atoms with Crippen LogP contribution in [0.15, 0.2) is 18.2 Å². The van der Waals surface area contributed by atoms with Crippen molar-refractivity contribution < 1.29 is 9.53 Å². The maximum absolute atomic E-state index is 12.3. The molecular formula is C19H30N2O2. The third kappa shape index (κ3) is 4.47. The molecule has 1 saturated heterocycles. The number of piperidine rings is 1. The van der Waals surface area contributed by atoms with E-state index in [9.17, 15) is 4.79 Å². The fourth-order valence-electron chi connectivity index (χ4n) is 3.68. The molecule has 0 aliphatic carbocycles. The van der Waals surface area contributed by atoms with Crippen LogP contribution in [-0.2, 0) is 4.79 Å². The van der Waals surface area contributed by atoms with Crippen molar-refractivity contribution in [3.05, 3.63) is 23.8 Å². The summed E-state index contributed by atoms with van der Waals surface area (Å²) >= 11 is 0. The minimum atomic E-state index is -0.0844. The molecule has 23 heavy (non-hydrogen) atoms. The standard InChI is InChI=1S/C19H30N2O2/c1-4-5-10-21-11-8-15(9-12-21)19(14(2)22)17-7-6-16(20)13-18(17)23-3/h6-7,13,15,19H,4-5,8-12,20H2,1-3H3. The van der Waals surface area contributed by atoms with Gasteiger partial charge in [-0.1, -0.05) is 19.4 Å². The Hall–Kier alpha value is -1.55. The molecule has 1 aliphatic rings. The molecule has 1 aliphatic heterocycles. The maximum Gasteiger partial charge on any atom is 0.137 e.